The number of benzene rings is 2. The second-order valence-electron chi connectivity index (χ2n) is 12.4. The highest BCUT2D eigenvalue weighted by atomic mass is 32.2. The number of imidazole rings is 1. The van der Waals surface area contributed by atoms with E-state index in [1.54, 1.807) is 46.9 Å². The molecule has 4 rings (SSSR count). The van der Waals surface area contributed by atoms with Crippen molar-refractivity contribution in [1.29, 1.82) is 0 Å². The molecule has 0 aliphatic rings. The molecule has 0 aliphatic carbocycles. The Morgan fingerprint density at radius 3 is 2.33 bits per heavy atom. The van der Waals surface area contributed by atoms with Gasteiger partial charge < -0.3 is 14.6 Å². The number of nitrogens with zero attached hydrogens (tertiary/aromatic N) is 5. The van der Waals surface area contributed by atoms with Crippen LogP contribution in [0.5, 0.6) is 5.75 Å². The number of anilines is 2. The lowest BCUT2D eigenvalue weighted by Crippen LogP contribution is -2.18. The predicted octanol–water partition coefficient (Wildman–Crippen LogP) is 5.80. The summed E-state index contributed by atoms with van der Waals surface area (Å²) in [6.07, 6.45) is 4.66. The van der Waals surface area contributed by atoms with Crippen LogP contribution < -0.4 is 14.8 Å². The van der Waals surface area contributed by atoms with Crippen molar-refractivity contribution in [3.05, 3.63) is 59.4 Å². The maximum atomic E-state index is 13.6. The molecule has 2 aromatic carbocycles. The standard InChI is InChI=1S/C30H39N7O4S2/c1-18-11-12-19(13-24(18)37-17-23(33-35-37)25-16-31-28(36(25)8)42-30(5,6)7)27(38)32-21-14-20(29(2,3)4)15-22(26(21)41-9)34-43(10,39)40/h11-17,34H,1-10H3,(H,32,38). The Bertz CT molecular complexity index is 1780. The Hall–Kier alpha value is -3.84. The fraction of sp³-hybridized carbons (Fsp3) is 0.400. The van der Waals surface area contributed by atoms with Gasteiger partial charge >= 0.3 is 0 Å². The molecule has 0 radical (unpaired) electrons. The van der Waals surface area contributed by atoms with Gasteiger partial charge in [-0.25, -0.2) is 18.1 Å². The molecule has 11 nitrogen and oxygen atoms in total. The minimum atomic E-state index is -3.60. The van der Waals surface area contributed by atoms with Crippen molar-refractivity contribution in [1.82, 2.24) is 24.5 Å². The van der Waals surface area contributed by atoms with Crippen LogP contribution in [0.25, 0.3) is 17.1 Å². The van der Waals surface area contributed by atoms with E-state index in [4.69, 9.17) is 4.74 Å². The van der Waals surface area contributed by atoms with Crippen molar-refractivity contribution in [3.63, 3.8) is 0 Å². The van der Waals surface area contributed by atoms with Crippen molar-refractivity contribution >= 4 is 39.1 Å². The highest BCUT2D eigenvalue weighted by molar-refractivity contribution is 8.00. The van der Waals surface area contributed by atoms with Crippen LogP contribution in [0.4, 0.5) is 11.4 Å². The SMILES string of the molecule is COc1c(NC(=O)c2ccc(C)c(-n3cc(-c4cnc(SC(C)(C)C)n4C)nn3)c2)cc(C(C)(C)C)cc1NS(C)(=O)=O. The second-order valence-corrected chi connectivity index (χ2v) is 16.0. The Kier molecular flexibility index (Phi) is 8.72. The largest absolute Gasteiger partial charge is 0.492 e. The van der Waals surface area contributed by atoms with Crippen LogP contribution in [0, 0.1) is 6.92 Å². The Balaban J connectivity index is 1.67. The smallest absolute Gasteiger partial charge is 0.255 e. The zero-order valence-corrected chi connectivity index (χ0v) is 27.9. The van der Waals surface area contributed by atoms with Gasteiger partial charge in [0.25, 0.3) is 5.91 Å². The number of hydrogen-bond donors (Lipinski definition) is 2. The monoisotopic (exact) mass is 625 g/mol. The molecule has 1 amide bonds. The molecule has 13 heteroatoms. The number of hydrogen-bond acceptors (Lipinski definition) is 8. The van der Waals surface area contributed by atoms with Crippen LogP contribution in [0.2, 0.25) is 0 Å². The van der Waals surface area contributed by atoms with Crippen LogP contribution in [0.15, 0.2) is 47.9 Å². The first-order valence-corrected chi connectivity index (χ1v) is 16.3. The molecule has 0 atom stereocenters. The van der Waals surface area contributed by atoms with Gasteiger partial charge in [0.15, 0.2) is 10.9 Å². The number of amides is 1. The van der Waals surface area contributed by atoms with Crippen molar-refractivity contribution in [3.8, 4) is 22.8 Å². The molecule has 2 heterocycles. The van der Waals surface area contributed by atoms with Gasteiger partial charge in [0.2, 0.25) is 10.0 Å². The third-order valence-corrected chi connectivity index (χ3v) is 8.28. The second kappa shape index (κ2) is 11.7. The normalized spacial score (nSPS) is 12.3. The highest BCUT2D eigenvalue weighted by Crippen LogP contribution is 2.39. The summed E-state index contributed by atoms with van der Waals surface area (Å²) in [6.45, 7) is 14.3. The molecule has 0 bridgehead atoms. The number of ether oxygens (including phenoxy) is 1. The zero-order valence-electron chi connectivity index (χ0n) is 26.2. The molecule has 0 fully saturated rings. The summed E-state index contributed by atoms with van der Waals surface area (Å²) >= 11 is 1.67. The van der Waals surface area contributed by atoms with Crippen molar-refractivity contribution < 1.29 is 17.9 Å². The van der Waals surface area contributed by atoms with Crippen molar-refractivity contribution in [2.24, 2.45) is 7.05 Å². The van der Waals surface area contributed by atoms with Crippen LogP contribution in [-0.4, -0.2) is 57.0 Å². The number of rotatable bonds is 8. The fourth-order valence-electron chi connectivity index (χ4n) is 4.34. The molecular weight excluding hydrogens is 587 g/mol. The van der Waals surface area contributed by atoms with E-state index in [0.717, 1.165) is 28.2 Å². The number of thioether (sulfide) groups is 1. The van der Waals surface area contributed by atoms with Gasteiger partial charge in [0, 0.05) is 17.4 Å². The first-order chi connectivity index (χ1) is 19.9. The number of aromatic nitrogens is 5. The van der Waals surface area contributed by atoms with Gasteiger partial charge in [-0.1, -0.05) is 64.6 Å². The Morgan fingerprint density at radius 1 is 1.05 bits per heavy atom. The van der Waals surface area contributed by atoms with Gasteiger partial charge in [0.05, 0.1) is 48.5 Å². The average Bonchev–Trinajstić information content (AvgIpc) is 3.48. The summed E-state index contributed by atoms with van der Waals surface area (Å²) in [7, 11) is -0.228. The van der Waals surface area contributed by atoms with Gasteiger partial charge in [-0.05, 0) is 47.7 Å². The Morgan fingerprint density at radius 2 is 1.72 bits per heavy atom. The van der Waals surface area contributed by atoms with E-state index >= 15 is 0 Å². The number of methoxy groups -OCH3 is 1. The maximum absolute atomic E-state index is 13.6. The third kappa shape index (κ3) is 7.57. The lowest BCUT2D eigenvalue weighted by atomic mass is 9.86. The minimum absolute atomic E-state index is 0.00990. The van der Waals surface area contributed by atoms with E-state index in [2.05, 4.69) is 46.1 Å². The molecule has 0 saturated carbocycles. The number of sulfonamides is 1. The van der Waals surface area contributed by atoms with Crippen molar-refractivity contribution in [2.75, 3.05) is 23.4 Å². The van der Waals surface area contributed by atoms with Gasteiger partial charge in [-0.3, -0.25) is 9.52 Å². The Labute approximate surface area is 257 Å². The lowest BCUT2D eigenvalue weighted by molar-refractivity contribution is 0.102. The highest BCUT2D eigenvalue weighted by Gasteiger charge is 2.23. The fourth-order valence-corrected chi connectivity index (χ4v) is 5.78. The molecule has 0 unspecified atom stereocenters. The zero-order chi connectivity index (χ0) is 31.9. The number of carbonyl (C=O) groups is 1. The van der Waals surface area contributed by atoms with Gasteiger partial charge in [-0.2, -0.15) is 0 Å². The molecule has 4 aromatic rings. The lowest BCUT2D eigenvalue weighted by Gasteiger charge is -2.24. The molecule has 2 N–H and O–H groups in total. The molecule has 0 aliphatic heterocycles. The summed E-state index contributed by atoms with van der Waals surface area (Å²) in [5.41, 5.74) is 4.51. The topological polar surface area (TPSA) is 133 Å². The summed E-state index contributed by atoms with van der Waals surface area (Å²) in [4.78, 5) is 18.1. The summed E-state index contributed by atoms with van der Waals surface area (Å²) in [5, 5.41) is 12.5. The first-order valence-electron chi connectivity index (χ1n) is 13.6. The van der Waals surface area contributed by atoms with Crippen LogP contribution in [0.1, 0.15) is 63.0 Å². The average molecular weight is 626 g/mol. The first kappa shape index (κ1) is 32.1. The number of aryl methyl sites for hydroxylation is 1. The van der Waals surface area contributed by atoms with Crippen LogP contribution >= 0.6 is 11.8 Å². The van der Waals surface area contributed by atoms with Crippen LogP contribution in [0.3, 0.4) is 0 Å². The summed E-state index contributed by atoms with van der Waals surface area (Å²) in [6, 6.07) is 8.81. The maximum Gasteiger partial charge on any atom is 0.255 e. The summed E-state index contributed by atoms with van der Waals surface area (Å²) < 4.78 is 35.9. The quantitative estimate of drug-likeness (QED) is 0.235. The van der Waals surface area contributed by atoms with E-state index < -0.39 is 15.9 Å². The van der Waals surface area contributed by atoms with E-state index in [1.165, 1.54) is 7.11 Å². The minimum Gasteiger partial charge on any atom is -0.492 e. The number of nitrogens with one attached hydrogen (secondary N) is 2. The van der Waals surface area contributed by atoms with Crippen LogP contribution in [-0.2, 0) is 22.5 Å². The number of carbonyl (C=O) groups excluding carboxylic acids is 1. The molecule has 43 heavy (non-hydrogen) atoms. The predicted molar refractivity (Wildman–Crippen MR) is 172 cm³/mol. The third-order valence-electron chi connectivity index (χ3n) is 6.52. The molecule has 0 spiro atoms. The molecule has 2 aromatic heterocycles. The molecular formula is C30H39N7O4S2. The van der Waals surface area contributed by atoms with Gasteiger partial charge in [0.1, 0.15) is 5.69 Å². The van der Waals surface area contributed by atoms with E-state index in [-0.39, 0.29) is 21.6 Å². The molecule has 230 valence electrons. The van der Waals surface area contributed by atoms with Gasteiger partial charge in [-0.15, -0.1) is 5.10 Å². The summed E-state index contributed by atoms with van der Waals surface area (Å²) in [5.74, 6) is -0.188. The molecule has 0 saturated heterocycles. The van der Waals surface area contributed by atoms with E-state index in [0.29, 0.717) is 22.6 Å². The van der Waals surface area contributed by atoms with E-state index in [9.17, 15) is 13.2 Å². The van der Waals surface area contributed by atoms with E-state index in [1.807, 2.05) is 51.6 Å². The van der Waals surface area contributed by atoms with Crippen molar-refractivity contribution in [2.45, 2.75) is 63.8 Å².